The summed E-state index contributed by atoms with van der Waals surface area (Å²) in [5.74, 6) is -0.404. The van der Waals surface area contributed by atoms with Crippen LogP contribution in [0.2, 0.25) is 4.34 Å². The van der Waals surface area contributed by atoms with Crippen LogP contribution in [0.3, 0.4) is 0 Å². The van der Waals surface area contributed by atoms with Crippen molar-refractivity contribution in [2.75, 3.05) is 19.4 Å². The Bertz CT molecular complexity index is 663. The molecule has 0 atom stereocenters. The number of nitrogens with zero attached hydrogens (tertiary/aromatic N) is 2. The van der Waals surface area contributed by atoms with Gasteiger partial charge in [-0.05, 0) is 19.1 Å². The fourth-order valence-electron chi connectivity index (χ4n) is 1.45. The third kappa shape index (κ3) is 3.17. The predicted octanol–water partition coefficient (Wildman–Crippen LogP) is 3.12. The van der Waals surface area contributed by atoms with Gasteiger partial charge in [-0.15, -0.1) is 11.3 Å². The Labute approximate surface area is 129 Å². The van der Waals surface area contributed by atoms with E-state index >= 15 is 0 Å². The molecule has 20 heavy (non-hydrogen) atoms. The number of carbonyl (C=O) groups is 2. The van der Waals surface area contributed by atoms with Crippen LogP contribution in [-0.4, -0.2) is 35.8 Å². The van der Waals surface area contributed by atoms with Crippen molar-refractivity contribution in [2.24, 2.45) is 0 Å². The number of amides is 2. The van der Waals surface area contributed by atoms with Gasteiger partial charge in [-0.1, -0.05) is 22.9 Å². The minimum absolute atomic E-state index is 0.125. The van der Waals surface area contributed by atoms with Crippen molar-refractivity contribution >= 4 is 51.2 Å². The summed E-state index contributed by atoms with van der Waals surface area (Å²) in [7, 11) is 3.35. The zero-order valence-electron chi connectivity index (χ0n) is 11.1. The second-order valence-corrected chi connectivity index (χ2v) is 6.91. The molecule has 106 valence electrons. The Hall–Kier alpha value is -1.44. The maximum atomic E-state index is 12.0. The molecule has 0 aliphatic rings. The molecule has 0 radical (unpaired) electrons. The Morgan fingerprint density at radius 3 is 2.55 bits per heavy atom. The van der Waals surface area contributed by atoms with Gasteiger partial charge in [0.2, 0.25) is 0 Å². The molecule has 2 aromatic rings. The zero-order valence-corrected chi connectivity index (χ0v) is 13.4. The van der Waals surface area contributed by atoms with Crippen LogP contribution in [0, 0.1) is 6.92 Å². The molecule has 0 saturated heterocycles. The lowest BCUT2D eigenvalue weighted by Gasteiger charge is -2.07. The summed E-state index contributed by atoms with van der Waals surface area (Å²) in [6, 6.07) is 3.31. The summed E-state index contributed by atoms with van der Waals surface area (Å²) in [6.45, 7) is 1.74. The summed E-state index contributed by atoms with van der Waals surface area (Å²) < 4.78 is 0.550. The van der Waals surface area contributed by atoms with Gasteiger partial charge in [0.1, 0.15) is 4.88 Å². The van der Waals surface area contributed by atoms with Crippen LogP contribution >= 0.6 is 34.3 Å². The number of rotatable bonds is 3. The highest BCUT2D eigenvalue weighted by Crippen LogP contribution is 2.26. The summed E-state index contributed by atoms with van der Waals surface area (Å²) in [4.78, 5) is 30.6. The largest absolute Gasteiger partial charge is 0.344 e. The molecule has 0 spiro atoms. The second kappa shape index (κ2) is 5.90. The molecule has 0 bridgehead atoms. The quantitative estimate of drug-likeness (QED) is 0.941. The monoisotopic (exact) mass is 329 g/mol. The summed E-state index contributed by atoms with van der Waals surface area (Å²) in [5.41, 5.74) is 0.605. The van der Waals surface area contributed by atoms with Gasteiger partial charge in [-0.3, -0.25) is 14.9 Å². The first-order valence-electron chi connectivity index (χ1n) is 5.64. The van der Waals surface area contributed by atoms with E-state index in [1.54, 1.807) is 33.2 Å². The van der Waals surface area contributed by atoms with E-state index in [9.17, 15) is 9.59 Å². The number of anilines is 1. The minimum Gasteiger partial charge on any atom is -0.344 e. The number of nitrogens with one attached hydrogen (secondary N) is 1. The van der Waals surface area contributed by atoms with E-state index in [-0.39, 0.29) is 11.8 Å². The lowest BCUT2D eigenvalue weighted by molar-refractivity contribution is 0.0831. The average molecular weight is 330 g/mol. The Morgan fingerprint density at radius 1 is 1.30 bits per heavy atom. The first-order valence-corrected chi connectivity index (χ1v) is 7.65. The molecule has 0 saturated carbocycles. The summed E-state index contributed by atoms with van der Waals surface area (Å²) in [6.07, 6.45) is 0. The van der Waals surface area contributed by atoms with Crippen molar-refractivity contribution in [3.05, 3.63) is 31.9 Å². The number of aryl methyl sites for hydroxylation is 1. The molecule has 2 heterocycles. The van der Waals surface area contributed by atoms with Gasteiger partial charge in [-0.25, -0.2) is 4.98 Å². The van der Waals surface area contributed by atoms with Gasteiger partial charge >= 0.3 is 0 Å². The lowest BCUT2D eigenvalue weighted by atomic mass is 10.3. The Kier molecular flexibility index (Phi) is 4.42. The van der Waals surface area contributed by atoms with Crippen molar-refractivity contribution in [1.82, 2.24) is 9.88 Å². The summed E-state index contributed by atoms with van der Waals surface area (Å²) >= 11 is 8.14. The van der Waals surface area contributed by atoms with Gasteiger partial charge in [0.05, 0.1) is 14.9 Å². The number of aromatic nitrogens is 1. The highest BCUT2D eigenvalue weighted by atomic mass is 35.5. The third-order valence-electron chi connectivity index (χ3n) is 2.41. The van der Waals surface area contributed by atoms with E-state index in [1.807, 2.05) is 0 Å². The normalized spacial score (nSPS) is 10.4. The lowest BCUT2D eigenvalue weighted by Crippen LogP contribution is -2.21. The molecule has 2 rings (SSSR count). The van der Waals surface area contributed by atoms with Crippen LogP contribution in [-0.2, 0) is 0 Å². The van der Waals surface area contributed by atoms with Crippen LogP contribution < -0.4 is 5.32 Å². The summed E-state index contributed by atoms with van der Waals surface area (Å²) in [5, 5.41) is 3.08. The molecular formula is C12H12ClN3O2S2. The molecule has 0 unspecified atom stereocenters. The van der Waals surface area contributed by atoms with E-state index in [4.69, 9.17) is 11.6 Å². The average Bonchev–Trinajstić information content (AvgIpc) is 2.94. The van der Waals surface area contributed by atoms with Crippen molar-refractivity contribution < 1.29 is 9.59 Å². The van der Waals surface area contributed by atoms with E-state index in [1.165, 1.54) is 16.2 Å². The number of carbonyl (C=O) groups excluding carboxylic acids is 2. The van der Waals surface area contributed by atoms with Crippen molar-refractivity contribution in [1.29, 1.82) is 0 Å². The van der Waals surface area contributed by atoms with Crippen LogP contribution in [0.5, 0.6) is 0 Å². The van der Waals surface area contributed by atoms with E-state index < -0.39 is 0 Å². The van der Waals surface area contributed by atoms with Gasteiger partial charge in [0.15, 0.2) is 5.13 Å². The molecule has 5 nitrogen and oxygen atoms in total. The smallest absolute Gasteiger partial charge is 0.267 e. The third-order valence-corrected chi connectivity index (χ3v) is 4.71. The molecule has 8 heteroatoms. The molecule has 2 aromatic heterocycles. The number of hydrogen-bond donors (Lipinski definition) is 1. The molecule has 0 aliphatic carbocycles. The van der Waals surface area contributed by atoms with Gasteiger partial charge in [0.25, 0.3) is 11.8 Å². The van der Waals surface area contributed by atoms with Crippen LogP contribution in [0.4, 0.5) is 5.13 Å². The second-order valence-electron chi connectivity index (χ2n) is 4.19. The van der Waals surface area contributed by atoms with E-state index in [2.05, 4.69) is 10.3 Å². The standard InChI is InChI=1S/C12H12ClN3O2S2/c1-6-9(11(18)16(2)3)20-12(14-6)15-10(17)7-4-5-8(13)19-7/h4-5H,1-3H3,(H,14,15,17). The SMILES string of the molecule is Cc1nc(NC(=O)c2ccc(Cl)s2)sc1C(=O)N(C)C. The first kappa shape index (κ1) is 15.0. The zero-order chi connectivity index (χ0) is 14.9. The highest BCUT2D eigenvalue weighted by Gasteiger charge is 2.18. The van der Waals surface area contributed by atoms with Crippen molar-refractivity contribution in [3.8, 4) is 0 Å². The van der Waals surface area contributed by atoms with Gasteiger partial charge < -0.3 is 4.90 Å². The molecular weight excluding hydrogens is 318 g/mol. The van der Waals surface area contributed by atoms with Crippen LogP contribution in [0.15, 0.2) is 12.1 Å². The predicted molar refractivity (Wildman–Crippen MR) is 82.2 cm³/mol. The Balaban J connectivity index is 2.17. The van der Waals surface area contributed by atoms with Crippen molar-refractivity contribution in [3.63, 3.8) is 0 Å². The minimum atomic E-state index is -0.278. The van der Waals surface area contributed by atoms with Gasteiger partial charge in [-0.2, -0.15) is 0 Å². The number of thiazole rings is 1. The molecule has 1 N–H and O–H groups in total. The van der Waals surface area contributed by atoms with Crippen molar-refractivity contribution in [2.45, 2.75) is 6.92 Å². The molecule has 2 amide bonds. The molecule has 0 aliphatic heterocycles. The van der Waals surface area contributed by atoms with Gasteiger partial charge in [0, 0.05) is 14.1 Å². The van der Waals surface area contributed by atoms with Crippen LogP contribution in [0.1, 0.15) is 25.0 Å². The molecule has 0 aromatic carbocycles. The van der Waals surface area contributed by atoms with E-state index in [0.29, 0.717) is 24.9 Å². The topological polar surface area (TPSA) is 62.3 Å². The maximum absolute atomic E-state index is 12.0. The number of thiophene rings is 1. The number of halogens is 1. The fourth-order valence-corrected chi connectivity index (χ4v) is 3.37. The van der Waals surface area contributed by atoms with Crippen LogP contribution in [0.25, 0.3) is 0 Å². The number of hydrogen-bond acceptors (Lipinski definition) is 5. The Morgan fingerprint density at radius 2 is 2.00 bits per heavy atom. The highest BCUT2D eigenvalue weighted by molar-refractivity contribution is 7.19. The van der Waals surface area contributed by atoms with E-state index in [0.717, 1.165) is 11.3 Å². The maximum Gasteiger partial charge on any atom is 0.267 e. The fraction of sp³-hybridized carbons (Fsp3) is 0.250. The first-order chi connectivity index (χ1) is 9.38. The molecule has 0 fully saturated rings.